The monoisotopic (exact) mass is 306 g/mol. The van der Waals surface area contributed by atoms with Crippen molar-refractivity contribution in [1.29, 1.82) is 5.26 Å². The maximum absolute atomic E-state index is 11.8. The number of nitrogens with zero attached hydrogens (tertiary/aromatic N) is 2. The van der Waals surface area contributed by atoms with E-state index in [4.69, 9.17) is 9.15 Å². The van der Waals surface area contributed by atoms with Crippen LogP contribution < -0.4 is 0 Å². The van der Waals surface area contributed by atoms with Gasteiger partial charge in [0.15, 0.2) is 0 Å². The van der Waals surface area contributed by atoms with Crippen molar-refractivity contribution in [1.82, 2.24) is 4.40 Å². The van der Waals surface area contributed by atoms with Gasteiger partial charge < -0.3 is 13.6 Å². The first-order valence-corrected chi connectivity index (χ1v) is 7.07. The molecule has 0 radical (unpaired) electrons. The van der Waals surface area contributed by atoms with Crippen LogP contribution in [0.1, 0.15) is 22.6 Å². The van der Waals surface area contributed by atoms with Crippen LogP contribution in [-0.4, -0.2) is 10.4 Å². The van der Waals surface area contributed by atoms with Crippen molar-refractivity contribution in [3.05, 3.63) is 71.4 Å². The molecule has 0 aromatic carbocycles. The summed E-state index contributed by atoms with van der Waals surface area (Å²) in [5, 5.41) is 9.29. The van der Waals surface area contributed by atoms with E-state index in [1.807, 2.05) is 41.8 Å². The van der Waals surface area contributed by atoms with Crippen LogP contribution in [0.25, 0.3) is 11.6 Å². The number of aryl methyl sites for hydroxylation is 1. The van der Waals surface area contributed by atoms with Crippen LogP contribution >= 0.6 is 0 Å². The van der Waals surface area contributed by atoms with E-state index in [1.165, 1.54) is 6.08 Å². The number of esters is 1. The summed E-state index contributed by atoms with van der Waals surface area (Å²) in [5.41, 5.74) is 1.99. The number of carbonyl (C=O) groups excluding carboxylic acids is 1. The lowest BCUT2D eigenvalue weighted by atomic mass is 10.2. The Morgan fingerprint density at radius 1 is 1.39 bits per heavy atom. The highest BCUT2D eigenvalue weighted by Gasteiger charge is 2.11. The highest BCUT2D eigenvalue weighted by molar-refractivity contribution is 5.86. The van der Waals surface area contributed by atoms with Gasteiger partial charge in [-0.05, 0) is 37.3 Å². The highest BCUT2D eigenvalue weighted by Crippen LogP contribution is 2.18. The van der Waals surface area contributed by atoms with E-state index in [0.29, 0.717) is 16.9 Å². The number of carbonyl (C=O) groups is 1. The minimum atomic E-state index is -0.488. The molecule has 114 valence electrons. The van der Waals surface area contributed by atoms with Crippen LogP contribution in [0.4, 0.5) is 0 Å². The van der Waals surface area contributed by atoms with E-state index >= 15 is 0 Å². The predicted octanol–water partition coefficient (Wildman–Crippen LogP) is 3.47. The number of pyridine rings is 1. The van der Waals surface area contributed by atoms with Crippen molar-refractivity contribution >= 4 is 17.6 Å². The minimum absolute atomic E-state index is 0.0466. The Morgan fingerprint density at radius 2 is 2.26 bits per heavy atom. The zero-order valence-corrected chi connectivity index (χ0v) is 12.5. The molecule has 5 nitrogen and oxygen atoms in total. The lowest BCUT2D eigenvalue weighted by Gasteiger charge is -1.99. The van der Waals surface area contributed by atoms with Gasteiger partial charge in [0.05, 0.1) is 11.1 Å². The second-order valence-corrected chi connectivity index (χ2v) is 5.02. The average Bonchev–Trinajstić information content (AvgIpc) is 3.13. The molecule has 3 aromatic rings. The fourth-order valence-corrected chi connectivity index (χ4v) is 2.31. The zero-order chi connectivity index (χ0) is 16.2. The van der Waals surface area contributed by atoms with Gasteiger partial charge in [0.1, 0.15) is 24.2 Å². The molecule has 0 N–H and O–H groups in total. The average molecular weight is 306 g/mol. The topological polar surface area (TPSA) is 67.6 Å². The summed E-state index contributed by atoms with van der Waals surface area (Å²) >= 11 is 0. The van der Waals surface area contributed by atoms with E-state index < -0.39 is 5.97 Å². The Kier molecular flexibility index (Phi) is 3.98. The fourth-order valence-electron chi connectivity index (χ4n) is 2.31. The van der Waals surface area contributed by atoms with Gasteiger partial charge in [-0.1, -0.05) is 6.07 Å². The van der Waals surface area contributed by atoms with E-state index in [0.717, 1.165) is 11.3 Å². The van der Waals surface area contributed by atoms with Gasteiger partial charge in [0.2, 0.25) is 0 Å². The summed E-state index contributed by atoms with van der Waals surface area (Å²) in [7, 11) is 0. The molecule has 3 aromatic heterocycles. The molecular formula is C18H14N2O3. The van der Waals surface area contributed by atoms with Gasteiger partial charge in [-0.3, -0.25) is 0 Å². The van der Waals surface area contributed by atoms with Gasteiger partial charge in [-0.25, -0.2) is 4.79 Å². The van der Waals surface area contributed by atoms with Crippen LogP contribution in [0.15, 0.2) is 53.2 Å². The molecule has 0 spiro atoms. The van der Waals surface area contributed by atoms with Crippen LogP contribution in [-0.2, 0) is 16.1 Å². The van der Waals surface area contributed by atoms with Gasteiger partial charge in [-0.2, -0.15) is 5.26 Å². The smallest absolute Gasteiger partial charge is 0.331 e. The Bertz CT molecular complexity index is 925. The summed E-state index contributed by atoms with van der Waals surface area (Å²) in [6.45, 7) is 1.88. The molecule has 0 saturated heterocycles. The van der Waals surface area contributed by atoms with E-state index in [-0.39, 0.29) is 6.61 Å². The fraction of sp³-hybridized carbons (Fsp3) is 0.111. The third-order valence-corrected chi connectivity index (χ3v) is 3.39. The van der Waals surface area contributed by atoms with Gasteiger partial charge in [0.25, 0.3) is 0 Å². The lowest BCUT2D eigenvalue weighted by Crippen LogP contribution is -2.01. The Morgan fingerprint density at radius 3 is 3.00 bits per heavy atom. The summed E-state index contributed by atoms with van der Waals surface area (Å²) in [5.74, 6) is 0.877. The molecule has 23 heavy (non-hydrogen) atoms. The third kappa shape index (κ3) is 3.16. The normalized spacial score (nSPS) is 11.0. The molecular weight excluding hydrogens is 292 g/mol. The molecule has 0 atom stereocenters. The number of furan rings is 1. The first-order chi connectivity index (χ1) is 11.2. The van der Waals surface area contributed by atoms with Crippen LogP contribution in [0.2, 0.25) is 0 Å². The van der Waals surface area contributed by atoms with Gasteiger partial charge in [0, 0.05) is 24.0 Å². The number of hydrogen-bond acceptors (Lipinski definition) is 4. The zero-order valence-electron chi connectivity index (χ0n) is 12.5. The van der Waals surface area contributed by atoms with E-state index in [2.05, 4.69) is 6.07 Å². The SMILES string of the molecule is Cc1ccc(/C=C/C(=O)OCc2cn3ccccc3c2C#N)o1. The lowest BCUT2D eigenvalue weighted by molar-refractivity contribution is -0.138. The number of ether oxygens (including phenoxy) is 1. The summed E-state index contributed by atoms with van der Waals surface area (Å²) in [6.07, 6.45) is 6.50. The molecule has 0 bridgehead atoms. The van der Waals surface area contributed by atoms with Gasteiger partial charge >= 0.3 is 5.97 Å². The van der Waals surface area contributed by atoms with E-state index in [1.54, 1.807) is 18.3 Å². The second-order valence-electron chi connectivity index (χ2n) is 5.02. The molecule has 0 unspecified atom stereocenters. The molecule has 0 aliphatic carbocycles. The van der Waals surface area contributed by atoms with Crippen LogP contribution in [0.5, 0.6) is 0 Å². The van der Waals surface area contributed by atoms with Crippen molar-refractivity contribution in [3.63, 3.8) is 0 Å². The molecule has 0 amide bonds. The van der Waals surface area contributed by atoms with E-state index in [9.17, 15) is 10.1 Å². The second kappa shape index (κ2) is 6.24. The Balaban J connectivity index is 1.70. The third-order valence-electron chi connectivity index (χ3n) is 3.39. The number of nitriles is 1. The molecule has 0 aliphatic rings. The standard InChI is InChI=1S/C18H14N2O3/c1-13-5-6-15(23-13)7-8-18(21)22-12-14-11-20-9-3-2-4-17(20)16(14)10-19/h2-9,11H,12H2,1H3/b8-7+. The predicted molar refractivity (Wildman–Crippen MR) is 84.4 cm³/mol. The van der Waals surface area contributed by atoms with Crippen molar-refractivity contribution in [3.8, 4) is 6.07 Å². The molecule has 3 heterocycles. The van der Waals surface area contributed by atoms with Crippen molar-refractivity contribution in [2.75, 3.05) is 0 Å². The van der Waals surface area contributed by atoms with Crippen molar-refractivity contribution in [2.45, 2.75) is 13.5 Å². The van der Waals surface area contributed by atoms with Crippen LogP contribution in [0.3, 0.4) is 0 Å². The van der Waals surface area contributed by atoms with Crippen molar-refractivity contribution in [2.24, 2.45) is 0 Å². The quantitative estimate of drug-likeness (QED) is 0.547. The summed E-state index contributed by atoms with van der Waals surface area (Å²) in [4.78, 5) is 11.8. The maximum Gasteiger partial charge on any atom is 0.331 e. The number of fused-ring (bicyclic) bond motifs is 1. The summed E-state index contributed by atoms with van der Waals surface area (Å²) in [6, 6.07) is 11.3. The summed E-state index contributed by atoms with van der Waals surface area (Å²) < 4.78 is 12.4. The molecule has 0 fully saturated rings. The number of aromatic nitrogens is 1. The first kappa shape index (κ1) is 14.7. The maximum atomic E-state index is 11.8. The Hall–Kier alpha value is -3.26. The largest absolute Gasteiger partial charge is 0.462 e. The molecule has 5 heteroatoms. The number of rotatable bonds is 4. The first-order valence-electron chi connectivity index (χ1n) is 7.07. The van der Waals surface area contributed by atoms with Gasteiger partial charge in [-0.15, -0.1) is 0 Å². The molecule has 0 aliphatic heterocycles. The minimum Gasteiger partial charge on any atom is -0.462 e. The highest BCUT2D eigenvalue weighted by atomic mass is 16.5. The van der Waals surface area contributed by atoms with Crippen molar-refractivity contribution < 1.29 is 13.9 Å². The molecule has 3 rings (SSSR count). The Labute approximate surface area is 133 Å². The molecule has 0 saturated carbocycles. The number of hydrogen-bond donors (Lipinski definition) is 0. The van der Waals surface area contributed by atoms with Crippen LogP contribution in [0, 0.1) is 18.3 Å².